The number of aromatic nitrogens is 1. The van der Waals surface area contributed by atoms with Crippen molar-refractivity contribution in [3.63, 3.8) is 0 Å². The van der Waals surface area contributed by atoms with E-state index >= 15 is 0 Å². The summed E-state index contributed by atoms with van der Waals surface area (Å²) < 4.78 is 18.8. The molecule has 2 aliphatic rings. The first-order valence-electron chi connectivity index (χ1n) is 9.82. The van der Waals surface area contributed by atoms with Gasteiger partial charge in [-0.2, -0.15) is 5.26 Å². The zero-order valence-electron chi connectivity index (χ0n) is 17.6. The zero-order chi connectivity index (χ0) is 21.5. The van der Waals surface area contributed by atoms with Crippen LogP contribution in [0.15, 0.2) is 59.6 Å². The highest BCUT2D eigenvalue weighted by Gasteiger charge is 2.43. The largest absolute Gasteiger partial charge is 0.493 e. The number of nitrogens with zero attached hydrogens (tertiary/aromatic N) is 2. The van der Waals surface area contributed by atoms with Crippen LogP contribution >= 0.6 is 0 Å². The number of benzene rings is 1. The molecule has 0 fully saturated rings. The number of hydrogen-bond acceptors (Lipinski definition) is 5. The number of hydrogen-bond donors (Lipinski definition) is 0. The molecule has 0 saturated carbocycles. The van der Waals surface area contributed by atoms with Gasteiger partial charge in [0.2, 0.25) is 5.88 Å². The van der Waals surface area contributed by atoms with Crippen LogP contribution < -0.4 is 9.47 Å². The zero-order valence-corrected chi connectivity index (χ0v) is 17.6. The van der Waals surface area contributed by atoms with E-state index in [4.69, 9.17) is 14.2 Å². The molecule has 0 saturated heterocycles. The summed E-state index contributed by atoms with van der Waals surface area (Å²) in [5.74, 6) is 1.70. The van der Waals surface area contributed by atoms with Crippen LogP contribution in [-0.4, -0.2) is 24.6 Å². The molecule has 1 aliphatic carbocycles. The monoisotopic (exact) mass is 404 g/mol. The summed E-state index contributed by atoms with van der Waals surface area (Å²) in [5, 5.41) is 10.1. The van der Waals surface area contributed by atoms with Gasteiger partial charge in [0.15, 0.2) is 17.3 Å². The predicted octanol–water partition coefficient (Wildman–Crippen LogP) is 4.65. The van der Waals surface area contributed by atoms with Crippen LogP contribution in [0.4, 0.5) is 0 Å². The van der Waals surface area contributed by atoms with Crippen molar-refractivity contribution in [2.75, 3.05) is 14.2 Å². The highest BCUT2D eigenvalue weighted by molar-refractivity contribution is 6.00. The molecule has 6 heteroatoms. The van der Waals surface area contributed by atoms with Crippen LogP contribution in [-0.2, 0) is 9.53 Å². The van der Waals surface area contributed by atoms with Crippen LogP contribution in [0.1, 0.15) is 38.2 Å². The van der Waals surface area contributed by atoms with E-state index in [9.17, 15) is 10.1 Å². The molecule has 6 nitrogen and oxygen atoms in total. The minimum absolute atomic E-state index is 0.0142. The maximum atomic E-state index is 13.2. The molecule has 154 valence electrons. The van der Waals surface area contributed by atoms with E-state index in [1.165, 1.54) is 0 Å². The van der Waals surface area contributed by atoms with E-state index in [1.54, 1.807) is 24.9 Å². The molecule has 0 bridgehead atoms. The number of rotatable bonds is 4. The Kier molecular flexibility index (Phi) is 4.90. The summed E-state index contributed by atoms with van der Waals surface area (Å²) in [6.07, 6.45) is 4.71. The first-order chi connectivity index (χ1) is 14.4. The molecule has 0 N–H and O–H groups in total. The van der Waals surface area contributed by atoms with Crippen molar-refractivity contribution >= 4 is 11.7 Å². The average molecular weight is 404 g/mol. The van der Waals surface area contributed by atoms with Crippen molar-refractivity contribution in [3.8, 4) is 17.6 Å². The number of Topliss-reactive ketones (excluding diaryl/α,β-unsaturated/α-hetero) is 1. The third-order valence-electron chi connectivity index (χ3n) is 5.61. The fraction of sp³-hybridized carbons (Fsp3) is 0.333. The lowest BCUT2D eigenvalue weighted by molar-refractivity contribution is -0.118. The minimum atomic E-state index is -0.528. The van der Waals surface area contributed by atoms with Crippen LogP contribution in [0.3, 0.4) is 0 Å². The lowest BCUT2D eigenvalue weighted by atomic mass is 9.70. The SMILES string of the molecule is COc1ccc(C2C(C#N)=C(n3cccc3)OC3=C2C(=O)CC(C)(C)C3)cc1OC. The Bertz CT molecular complexity index is 1100. The van der Waals surface area contributed by atoms with E-state index in [0.717, 1.165) is 5.56 Å². The predicted molar refractivity (Wildman–Crippen MR) is 112 cm³/mol. The number of carbonyl (C=O) groups excluding carboxylic acids is 1. The fourth-order valence-electron chi connectivity index (χ4n) is 4.27. The Morgan fingerprint density at radius 3 is 2.47 bits per heavy atom. The van der Waals surface area contributed by atoms with Gasteiger partial charge in [-0.3, -0.25) is 9.36 Å². The maximum absolute atomic E-state index is 13.2. The van der Waals surface area contributed by atoms with Crippen molar-refractivity contribution in [2.45, 2.75) is 32.6 Å². The summed E-state index contributed by atoms with van der Waals surface area (Å²) >= 11 is 0. The van der Waals surface area contributed by atoms with Crippen LogP contribution in [0.2, 0.25) is 0 Å². The number of ketones is 1. The molecule has 2 aromatic rings. The third-order valence-corrected chi connectivity index (χ3v) is 5.61. The highest BCUT2D eigenvalue weighted by atomic mass is 16.5. The molecule has 1 aliphatic heterocycles. The van der Waals surface area contributed by atoms with Gasteiger partial charge in [-0.1, -0.05) is 19.9 Å². The van der Waals surface area contributed by atoms with E-state index in [0.29, 0.717) is 47.1 Å². The second-order valence-electron chi connectivity index (χ2n) is 8.35. The second kappa shape index (κ2) is 7.42. The molecule has 2 heterocycles. The van der Waals surface area contributed by atoms with Crippen molar-refractivity contribution in [1.82, 2.24) is 4.57 Å². The number of nitriles is 1. The number of ether oxygens (including phenoxy) is 3. The van der Waals surface area contributed by atoms with E-state index in [2.05, 4.69) is 19.9 Å². The summed E-state index contributed by atoms with van der Waals surface area (Å²) in [6, 6.07) is 11.6. The molecule has 4 rings (SSSR count). The smallest absolute Gasteiger partial charge is 0.218 e. The highest BCUT2D eigenvalue weighted by Crippen LogP contribution is 2.50. The van der Waals surface area contributed by atoms with Gasteiger partial charge in [-0.15, -0.1) is 0 Å². The Morgan fingerprint density at radius 2 is 1.83 bits per heavy atom. The minimum Gasteiger partial charge on any atom is -0.493 e. The van der Waals surface area contributed by atoms with Crippen molar-refractivity contribution in [3.05, 3.63) is 65.2 Å². The van der Waals surface area contributed by atoms with Crippen molar-refractivity contribution < 1.29 is 19.0 Å². The van der Waals surface area contributed by atoms with Crippen LogP contribution in [0, 0.1) is 16.7 Å². The summed E-state index contributed by atoms with van der Waals surface area (Å²) in [6.45, 7) is 4.12. The second-order valence-corrected chi connectivity index (χ2v) is 8.35. The molecule has 1 atom stereocenters. The van der Waals surface area contributed by atoms with Gasteiger partial charge in [-0.25, -0.2) is 0 Å². The molecule has 1 aromatic heterocycles. The fourth-order valence-corrected chi connectivity index (χ4v) is 4.27. The lowest BCUT2D eigenvalue weighted by Gasteiger charge is -2.38. The molecular weight excluding hydrogens is 380 g/mol. The van der Waals surface area contributed by atoms with Gasteiger partial charge in [0.05, 0.1) is 20.1 Å². The van der Waals surface area contributed by atoms with Gasteiger partial charge in [0.1, 0.15) is 17.4 Å². The Morgan fingerprint density at radius 1 is 1.13 bits per heavy atom. The van der Waals surface area contributed by atoms with Gasteiger partial charge >= 0.3 is 0 Å². The topological polar surface area (TPSA) is 73.5 Å². The number of methoxy groups -OCH3 is 2. The average Bonchev–Trinajstić information content (AvgIpc) is 3.25. The van der Waals surface area contributed by atoms with Crippen molar-refractivity contribution in [1.29, 1.82) is 5.26 Å². The summed E-state index contributed by atoms with van der Waals surface area (Å²) in [5.41, 5.74) is 1.54. The normalized spacial score (nSPS) is 20.4. The van der Waals surface area contributed by atoms with E-state index in [-0.39, 0.29) is 11.2 Å². The standard InChI is InChI=1S/C24H24N2O4/c1-24(2)12-17(27)22-20(13-24)30-23(26-9-5-6-10-26)16(14-25)21(22)15-7-8-18(28-3)19(11-15)29-4/h5-11,21H,12-13H2,1-4H3. The lowest BCUT2D eigenvalue weighted by Crippen LogP contribution is -2.32. The Labute approximate surface area is 176 Å². The first-order valence-corrected chi connectivity index (χ1v) is 9.82. The van der Waals surface area contributed by atoms with Gasteiger partial charge in [-0.05, 0) is 35.2 Å². The molecule has 0 spiro atoms. The Balaban J connectivity index is 1.95. The third kappa shape index (κ3) is 3.26. The molecule has 1 unspecified atom stereocenters. The van der Waals surface area contributed by atoms with Crippen LogP contribution in [0.25, 0.3) is 5.88 Å². The van der Waals surface area contributed by atoms with Crippen LogP contribution in [0.5, 0.6) is 11.5 Å². The molecule has 0 radical (unpaired) electrons. The first kappa shape index (κ1) is 19.8. The van der Waals surface area contributed by atoms with Gasteiger partial charge in [0.25, 0.3) is 0 Å². The maximum Gasteiger partial charge on any atom is 0.218 e. The van der Waals surface area contributed by atoms with E-state index in [1.807, 2.05) is 36.7 Å². The molecule has 1 aromatic carbocycles. The molecule has 0 amide bonds. The number of allylic oxidation sites excluding steroid dienone is 3. The molecular formula is C24H24N2O4. The molecule has 30 heavy (non-hydrogen) atoms. The summed E-state index contributed by atoms with van der Waals surface area (Å²) in [7, 11) is 3.14. The summed E-state index contributed by atoms with van der Waals surface area (Å²) in [4.78, 5) is 13.2. The Hall–Kier alpha value is -3.46. The van der Waals surface area contributed by atoms with Crippen molar-refractivity contribution in [2.24, 2.45) is 5.41 Å². The quantitative estimate of drug-likeness (QED) is 0.741. The van der Waals surface area contributed by atoms with E-state index < -0.39 is 5.92 Å². The van der Waals surface area contributed by atoms with Gasteiger partial charge < -0.3 is 14.2 Å². The number of carbonyl (C=O) groups is 1. The van der Waals surface area contributed by atoms with Gasteiger partial charge in [0, 0.05) is 30.8 Å².